The van der Waals surface area contributed by atoms with E-state index < -0.39 is 0 Å². The van der Waals surface area contributed by atoms with Crippen LogP contribution in [0.5, 0.6) is 11.5 Å². The van der Waals surface area contributed by atoms with Gasteiger partial charge in [0.15, 0.2) is 5.84 Å². The number of oxime groups is 1. The normalized spacial score (nSPS) is 11.5. The summed E-state index contributed by atoms with van der Waals surface area (Å²) in [6.45, 7) is 5.58. The molecule has 0 bridgehead atoms. The second-order valence-corrected chi connectivity index (χ2v) is 8.45. The number of hydrogen-bond acceptors (Lipinski definition) is 6. The van der Waals surface area contributed by atoms with Crippen molar-refractivity contribution in [1.29, 1.82) is 0 Å². The molecule has 0 unspecified atom stereocenters. The minimum absolute atomic E-state index is 0.0880. The van der Waals surface area contributed by atoms with Crippen LogP contribution in [0.2, 0.25) is 0 Å². The number of ether oxygens (including phenoxy) is 2. The number of nitrogens with zero attached hydrogens (tertiary/aromatic N) is 2. The molecule has 164 valence electrons. The summed E-state index contributed by atoms with van der Waals surface area (Å²) < 4.78 is 11.6. The molecule has 0 fully saturated rings. The Morgan fingerprint density at radius 3 is 2.06 bits per heavy atom. The highest BCUT2D eigenvalue weighted by atomic mass is 32.1. The zero-order valence-electron chi connectivity index (χ0n) is 18.0. The molecular formula is C24H29N3O3S. The van der Waals surface area contributed by atoms with E-state index in [1.165, 1.54) is 9.88 Å². The second kappa shape index (κ2) is 11.4. The summed E-state index contributed by atoms with van der Waals surface area (Å²) in [4.78, 5) is 5.97. The fourth-order valence-corrected chi connectivity index (χ4v) is 4.01. The first-order chi connectivity index (χ1) is 15.1. The summed E-state index contributed by atoms with van der Waals surface area (Å²) >= 11 is 1.77. The Balaban J connectivity index is 1.33. The number of thiazole rings is 1. The molecule has 3 N–H and O–H groups in total. The van der Waals surface area contributed by atoms with E-state index in [2.05, 4.69) is 31.1 Å². The predicted octanol–water partition coefficient (Wildman–Crippen LogP) is 5.40. The van der Waals surface area contributed by atoms with Crippen molar-refractivity contribution in [2.24, 2.45) is 10.9 Å². The SMILES string of the molecule is CCc1nc(-c2ccc(OCCCCCOc3ccc(C(N)=NO)cc3)cc2)c(C)s1. The lowest BCUT2D eigenvalue weighted by Crippen LogP contribution is -2.12. The molecule has 1 aromatic heterocycles. The first-order valence-corrected chi connectivity index (χ1v) is 11.3. The maximum Gasteiger partial charge on any atom is 0.170 e. The van der Waals surface area contributed by atoms with Crippen LogP contribution in [0.15, 0.2) is 53.7 Å². The molecule has 0 aliphatic rings. The molecule has 1 heterocycles. The highest BCUT2D eigenvalue weighted by Gasteiger charge is 2.09. The quantitative estimate of drug-likeness (QED) is 0.137. The average molecular weight is 440 g/mol. The van der Waals surface area contributed by atoms with Gasteiger partial charge in [0.1, 0.15) is 11.5 Å². The van der Waals surface area contributed by atoms with Crippen LogP contribution < -0.4 is 15.2 Å². The fraction of sp³-hybridized carbons (Fsp3) is 0.333. The Morgan fingerprint density at radius 1 is 0.968 bits per heavy atom. The Bertz CT molecular complexity index is 982. The van der Waals surface area contributed by atoms with Crippen LogP contribution in [0, 0.1) is 6.92 Å². The van der Waals surface area contributed by atoms with Gasteiger partial charge in [-0.15, -0.1) is 11.3 Å². The van der Waals surface area contributed by atoms with Gasteiger partial charge in [-0.2, -0.15) is 0 Å². The maximum absolute atomic E-state index is 8.67. The molecule has 6 nitrogen and oxygen atoms in total. The van der Waals surface area contributed by atoms with Gasteiger partial charge in [-0.1, -0.05) is 12.1 Å². The van der Waals surface area contributed by atoms with Crippen LogP contribution in [-0.2, 0) is 6.42 Å². The van der Waals surface area contributed by atoms with Crippen molar-refractivity contribution < 1.29 is 14.7 Å². The molecule has 0 saturated heterocycles. The van der Waals surface area contributed by atoms with E-state index in [9.17, 15) is 0 Å². The topological polar surface area (TPSA) is 90.0 Å². The smallest absolute Gasteiger partial charge is 0.170 e. The van der Waals surface area contributed by atoms with Crippen molar-refractivity contribution in [1.82, 2.24) is 4.98 Å². The van der Waals surface area contributed by atoms with Crippen molar-refractivity contribution in [2.45, 2.75) is 39.5 Å². The summed E-state index contributed by atoms with van der Waals surface area (Å²) in [6.07, 6.45) is 3.92. The van der Waals surface area contributed by atoms with Crippen LogP contribution in [0.25, 0.3) is 11.3 Å². The van der Waals surface area contributed by atoms with Crippen LogP contribution in [0.3, 0.4) is 0 Å². The fourth-order valence-electron chi connectivity index (χ4n) is 3.12. The molecule has 0 radical (unpaired) electrons. The lowest BCUT2D eigenvalue weighted by Gasteiger charge is -2.08. The number of benzene rings is 2. The van der Waals surface area contributed by atoms with E-state index in [1.54, 1.807) is 23.5 Å². The molecule has 2 aromatic carbocycles. The van der Waals surface area contributed by atoms with Gasteiger partial charge in [-0.05, 0) is 81.1 Å². The van der Waals surface area contributed by atoms with Crippen molar-refractivity contribution in [3.63, 3.8) is 0 Å². The lowest BCUT2D eigenvalue weighted by molar-refractivity contribution is 0.279. The summed E-state index contributed by atoms with van der Waals surface area (Å²) in [7, 11) is 0. The van der Waals surface area contributed by atoms with E-state index in [0.717, 1.165) is 48.4 Å². The number of aromatic nitrogens is 1. The summed E-state index contributed by atoms with van der Waals surface area (Å²) in [5, 5.41) is 12.8. The molecule has 3 aromatic rings. The molecule has 0 spiro atoms. The maximum atomic E-state index is 8.67. The van der Waals surface area contributed by atoms with Gasteiger partial charge in [0.05, 0.1) is 23.9 Å². The molecule has 31 heavy (non-hydrogen) atoms. The molecule has 3 rings (SSSR count). The molecular weight excluding hydrogens is 410 g/mol. The molecule has 0 aliphatic carbocycles. The summed E-state index contributed by atoms with van der Waals surface area (Å²) in [6, 6.07) is 15.4. The molecule has 0 amide bonds. The zero-order valence-corrected chi connectivity index (χ0v) is 18.8. The highest BCUT2D eigenvalue weighted by Crippen LogP contribution is 2.29. The Morgan fingerprint density at radius 2 is 1.55 bits per heavy atom. The third kappa shape index (κ3) is 6.46. The number of hydrogen-bond donors (Lipinski definition) is 2. The van der Waals surface area contributed by atoms with E-state index in [4.69, 9.17) is 25.4 Å². The van der Waals surface area contributed by atoms with Crippen LogP contribution >= 0.6 is 11.3 Å². The number of amidine groups is 1. The van der Waals surface area contributed by atoms with Crippen LogP contribution in [0.1, 0.15) is 41.6 Å². The van der Waals surface area contributed by atoms with E-state index >= 15 is 0 Å². The van der Waals surface area contributed by atoms with E-state index in [1.807, 2.05) is 24.3 Å². The van der Waals surface area contributed by atoms with Gasteiger partial charge in [0, 0.05) is 16.0 Å². The summed E-state index contributed by atoms with van der Waals surface area (Å²) in [5.41, 5.74) is 8.42. The second-order valence-electron chi connectivity index (χ2n) is 7.16. The molecule has 0 atom stereocenters. The van der Waals surface area contributed by atoms with Crippen molar-refractivity contribution in [3.05, 3.63) is 64.0 Å². The largest absolute Gasteiger partial charge is 0.494 e. The van der Waals surface area contributed by atoms with Gasteiger partial charge >= 0.3 is 0 Å². The molecule has 0 aliphatic heterocycles. The number of unbranched alkanes of at least 4 members (excludes halogenated alkanes) is 2. The monoisotopic (exact) mass is 439 g/mol. The first-order valence-electron chi connectivity index (χ1n) is 10.5. The summed E-state index contributed by atoms with van der Waals surface area (Å²) in [5.74, 6) is 1.74. The van der Waals surface area contributed by atoms with Gasteiger partial charge in [-0.3, -0.25) is 0 Å². The Labute approximate surface area is 187 Å². The standard InChI is InChI=1S/C24H29N3O3S/c1-3-22-26-23(17(2)31-22)18-7-11-20(12-8-18)29-15-5-4-6-16-30-21-13-9-19(10-14-21)24(25)27-28/h7-14,28H,3-6,15-16H2,1-2H3,(H2,25,27). The average Bonchev–Trinajstić information content (AvgIpc) is 3.19. The lowest BCUT2D eigenvalue weighted by atomic mass is 10.1. The van der Waals surface area contributed by atoms with Gasteiger partial charge < -0.3 is 20.4 Å². The van der Waals surface area contributed by atoms with Gasteiger partial charge in [0.2, 0.25) is 0 Å². The predicted molar refractivity (Wildman–Crippen MR) is 125 cm³/mol. The third-order valence-electron chi connectivity index (χ3n) is 4.86. The minimum Gasteiger partial charge on any atom is -0.494 e. The van der Waals surface area contributed by atoms with Gasteiger partial charge in [0.25, 0.3) is 0 Å². The Hall–Kier alpha value is -3.06. The first kappa shape index (κ1) is 22.6. The zero-order chi connectivity index (χ0) is 22.1. The van der Waals surface area contributed by atoms with E-state index in [-0.39, 0.29) is 5.84 Å². The minimum atomic E-state index is 0.0880. The van der Waals surface area contributed by atoms with Crippen molar-refractivity contribution in [3.8, 4) is 22.8 Å². The molecule has 7 heteroatoms. The Kier molecular flexibility index (Phi) is 8.29. The third-order valence-corrected chi connectivity index (χ3v) is 5.97. The van der Waals surface area contributed by atoms with Crippen molar-refractivity contribution in [2.75, 3.05) is 13.2 Å². The highest BCUT2D eigenvalue weighted by molar-refractivity contribution is 7.12. The number of aryl methyl sites for hydroxylation is 2. The van der Waals surface area contributed by atoms with E-state index in [0.29, 0.717) is 18.8 Å². The van der Waals surface area contributed by atoms with Crippen molar-refractivity contribution >= 4 is 17.2 Å². The number of nitrogens with two attached hydrogens (primary N) is 1. The molecule has 0 saturated carbocycles. The number of rotatable bonds is 11. The van der Waals surface area contributed by atoms with Gasteiger partial charge in [-0.25, -0.2) is 4.98 Å². The van der Waals surface area contributed by atoms with Crippen LogP contribution in [0.4, 0.5) is 0 Å². The van der Waals surface area contributed by atoms with Crippen LogP contribution in [-0.4, -0.2) is 29.2 Å².